The number of aldehydes is 1. The van der Waals surface area contributed by atoms with Gasteiger partial charge in [-0.3, -0.25) is 4.79 Å². The zero-order chi connectivity index (χ0) is 12.4. The molecule has 94 valence electrons. The number of anilines is 1. The first-order chi connectivity index (χ1) is 8.86. The van der Waals surface area contributed by atoms with Crippen LogP contribution in [0.1, 0.15) is 36.0 Å². The quantitative estimate of drug-likeness (QED) is 0.760. The number of nitrogens with zero attached hydrogens (tertiary/aromatic N) is 3. The van der Waals surface area contributed by atoms with Crippen LogP contribution in [0.25, 0.3) is 11.2 Å². The molecular formula is C13H15N3O2. The van der Waals surface area contributed by atoms with Gasteiger partial charge in [-0.25, -0.2) is 4.98 Å². The number of aromatic nitrogens is 2. The van der Waals surface area contributed by atoms with Crippen LogP contribution >= 0.6 is 0 Å². The summed E-state index contributed by atoms with van der Waals surface area (Å²) in [6.07, 6.45) is 7.16. The van der Waals surface area contributed by atoms with Crippen LogP contribution in [0.15, 0.2) is 16.7 Å². The van der Waals surface area contributed by atoms with E-state index in [0.717, 1.165) is 19.4 Å². The van der Waals surface area contributed by atoms with Crippen molar-refractivity contribution >= 4 is 23.5 Å². The average Bonchev–Trinajstić information content (AvgIpc) is 2.63. The molecule has 0 N–H and O–H groups in total. The van der Waals surface area contributed by atoms with Crippen molar-refractivity contribution in [3.05, 3.63) is 17.8 Å². The first-order valence-electron chi connectivity index (χ1n) is 6.33. The lowest BCUT2D eigenvalue weighted by molar-refractivity contribution is 0.112. The third-order valence-electron chi connectivity index (χ3n) is 3.27. The summed E-state index contributed by atoms with van der Waals surface area (Å²) in [5, 5.41) is 0. The van der Waals surface area contributed by atoms with Crippen molar-refractivity contribution in [3.63, 3.8) is 0 Å². The highest BCUT2D eigenvalue weighted by atomic mass is 16.4. The molecule has 2 aromatic rings. The van der Waals surface area contributed by atoms with E-state index in [1.807, 2.05) is 0 Å². The van der Waals surface area contributed by atoms with E-state index in [-0.39, 0.29) is 0 Å². The highest BCUT2D eigenvalue weighted by molar-refractivity contribution is 5.81. The molecule has 0 saturated carbocycles. The van der Waals surface area contributed by atoms with Gasteiger partial charge in [0, 0.05) is 24.8 Å². The van der Waals surface area contributed by atoms with Gasteiger partial charge < -0.3 is 9.32 Å². The molecule has 0 aliphatic carbocycles. The first-order valence-corrected chi connectivity index (χ1v) is 6.33. The Morgan fingerprint density at radius 1 is 1.22 bits per heavy atom. The van der Waals surface area contributed by atoms with Crippen LogP contribution in [0.4, 0.5) is 6.01 Å². The Labute approximate surface area is 105 Å². The highest BCUT2D eigenvalue weighted by Crippen LogP contribution is 2.23. The van der Waals surface area contributed by atoms with Crippen LogP contribution in [0, 0.1) is 0 Å². The Bertz CT molecular complexity index is 556. The molecule has 0 radical (unpaired) electrons. The number of hydrogen-bond donors (Lipinski definition) is 0. The van der Waals surface area contributed by atoms with Crippen molar-refractivity contribution < 1.29 is 9.21 Å². The van der Waals surface area contributed by atoms with Gasteiger partial charge in [0.2, 0.25) is 5.65 Å². The molecule has 0 atom stereocenters. The van der Waals surface area contributed by atoms with Gasteiger partial charge >= 0.3 is 0 Å². The van der Waals surface area contributed by atoms with Gasteiger partial charge in [0.15, 0.2) is 11.9 Å². The van der Waals surface area contributed by atoms with Crippen LogP contribution < -0.4 is 4.90 Å². The number of oxazole rings is 1. The van der Waals surface area contributed by atoms with E-state index < -0.39 is 0 Å². The van der Waals surface area contributed by atoms with E-state index in [2.05, 4.69) is 14.9 Å². The van der Waals surface area contributed by atoms with Crippen LogP contribution in [-0.2, 0) is 0 Å². The van der Waals surface area contributed by atoms with Crippen molar-refractivity contribution in [3.8, 4) is 0 Å². The van der Waals surface area contributed by atoms with Gasteiger partial charge in [0.25, 0.3) is 6.01 Å². The molecule has 3 rings (SSSR count). The molecule has 5 heteroatoms. The smallest absolute Gasteiger partial charge is 0.299 e. The molecule has 0 aromatic carbocycles. The van der Waals surface area contributed by atoms with E-state index >= 15 is 0 Å². The molecule has 5 nitrogen and oxygen atoms in total. The Morgan fingerprint density at radius 2 is 2.00 bits per heavy atom. The van der Waals surface area contributed by atoms with Crippen molar-refractivity contribution in [2.45, 2.75) is 25.7 Å². The maximum absolute atomic E-state index is 10.7. The average molecular weight is 245 g/mol. The zero-order valence-corrected chi connectivity index (χ0v) is 10.1. The highest BCUT2D eigenvalue weighted by Gasteiger charge is 2.16. The van der Waals surface area contributed by atoms with Gasteiger partial charge in [-0.2, -0.15) is 4.98 Å². The first kappa shape index (κ1) is 11.2. The monoisotopic (exact) mass is 245 g/mol. The van der Waals surface area contributed by atoms with Gasteiger partial charge in [-0.1, -0.05) is 12.8 Å². The fraction of sp³-hybridized carbons (Fsp3) is 0.462. The number of rotatable bonds is 2. The number of fused-ring (bicyclic) bond motifs is 1. The molecule has 0 bridgehead atoms. The zero-order valence-electron chi connectivity index (χ0n) is 10.1. The van der Waals surface area contributed by atoms with Crippen molar-refractivity contribution in [1.29, 1.82) is 0 Å². The molecule has 0 spiro atoms. The predicted molar refractivity (Wildman–Crippen MR) is 67.9 cm³/mol. The third kappa shape index (κ3) is 2.08. The molecule has 1 fully saturated rings. The third-order valence-corrected chi connectivity index (χ3v) is 3.27. The minimum absolute atomic E-state index is 0.515. The SMILES string of the molecule is O=Cc1cnc2nc(N3CCCCCC3)oc2c1. The standard InChI is InChI=1S/C13H15N3O2/c17-9-10-7-11-12(14-8-10)15-13(18-11)16-5-3-1-2-4-6-16/h7-9H,1-6H2. The Kier molecular flexibility index (Phi) is 2.96. The largest absolute Gasteiger partial charge is 0.422 e. The second-order valence-electron chi connectivity index (χ2n) is 4.61. The molecule has 18 heavy (non-hydrogen) atoms. The summed E-state index contributed by atoms with van der Waals surface area (Å²) < 4.78 is 5.70. The summed E-state index contributed by atoms with van der Waals surface area (Å²) in [7, 11) is 0. The normalized spacial score (nSPS) is 16.8. The maximum atomic E-state index is 10.7. The molecule has 1 aliphatic heterocycles. The number of pyridine rings is 1. The lowest BCUT2D eigenvalue weighted by Crippen LogP contribution is -2.23. The lowest BCUT2D eigenvalue weighted by atomic mass is 10.2. The van der Waals surface area contributed by atoms with Crippen LogP contribution in [0.3, 0.4) is 0 Å². The molecule has 0 unspecified atom stereocenters. The summed E-state index contributed by atoms with van der Waals surface area (Å²) >= 11 is 0. The Balaban J connectivity index is 1.94. The molecule has 3 heterocycles. The van der Waals surface area contributed by atoms with E-state index in [1.54, 1.807) is 6.07 Å². The molecular weight excluding hydrogens is 230 g/mol. The van der Waals surface area contributed by atoms with Crippen LogP contribution in [0.5, 0.6) is 0 Å². The second-order valence-corrected chi connectivity index (χ2v) is 4.61. The van der Waals surface area contributed by atoms with E-state index in [9.17, 15) is 4.79 Å². The minimum atomic E-state index is 0.515. The molecule has 0 amide bonds. The van der Waals surface area contributed by atoms with Crippen molar-refractivity contribution in [2.24, 2.45) is 0 Å². The molecule has 1 aliphatic rings. The van der Waals surface area contributed by atoms with Gasteiger partial charge in [-0.05, 0) is 18.9 Å². The summed E-state index contributed by atoms with van der Waals surface area (Å²) in [6.45, 7) is 1.96. The predicted octanol–water partition coefficient (Wildman–Crippen LogP) is 2.42. The lowest BCUT2D eigenvalue weighted by Gasteiger charge is -2.16. The summed E-state index contributed by atoms with van der Waals surface area (Å²) in [4.78, 5) is 21.4. The number of hydrogen-bond acceptors (Lipinski definition) is 5. The summed E-state index contributed by atoms with van der Waals surface area (Å²) in [6, 6.07) is 2.31. The maximum Gasteiger partial charge on any atom is 0.299 e. The second kappa shape index (κ2) is 4.76. The topological polar surface area (TPSA) is 59.2 Å². The Morgan fingerprint density at radius 3 is 2.72 bits per heavy atom. The van der Waals surface area contributed by atoms with Crippen LogP contribution in [0.2, 0.25) is 0 Å². The van der Waals surface area contributed by atoms with Crippen LogP contribution in [-0.4, -0.2) is 29.3 Å². The van der Waals surface area contributed by atoms with E-state index in [0.29, 0.717) is 22.8 Å². The Hall–Kier alpha value is -1.91. The fourth-order valence-electron chi connectivity index (χ4n) is 2.29. The summed E-state index contributed by atoms with van der Waals surface area (Å²) in [5.41, 5.74) is 1.67. The number of carbonyl (C=O) groups excluding carboxylic acids is 1. The van der Waals surface area contributed by atoms with Gasteiger partial charge in [-0.15, -0.1) is 0 Å². The van der Waals surface area contributed by atoms with Crippen molar-refractivity contribution in [2.75, 3.05) is 18.0 Å². The minimum Gasteiger partial charge on any atom is -0.422 e. The molecule has 2 aromatic heterocycles. The van der Waals surface area contributed by atoms with Gasteiger partial charge in [0.1, 0.15) is 0 Å². The number of carbonyl (C=O) groups is 1. The molecule has 1 saturated heterocycles. The van der Waals surface area contributed by atoms with Crippen molar-refractivity contribution in [1.82, 2.24) is 9.97 Å². The van der Waals surface area contributed by atoms with E-state index in [1.165, 1.54) is 31.9 Å². The fourth-order valence-corrected chi connectivity index (χ4v) is 2.29. The summed E-state index contributed by atoms with van der Waals surface area (Å²) in [5.74, 6) is 0. The van der Waals surface area contributed by atoms with Gasteiger partial charge in [0.05, 0.1) is 0 Å². The van der Waals surface area contributed by atoms with E-state index in [4.69, 9.17) is 4.42 Å².